The zero-order valence-corrected chi connectivity index (χ0v) is 16.5. The van der Waals surface area contributed by atoms with E-state index in [0.717, 1.165) is 11.4 Å². The molecule has 3 rings (SSSR count). The quantitative estimate of drug-likeness (QED) is 0.691. The Hall–Kier alpha value is -3.19. The van der Waals surface area contributed by atoms with Gasteiger partial charge in [0.1, 0.15) is 6.04 Å². The Morgan fingerprint density at radius 1 is 1.14 bits per heavy atom. The lowest BCUT2D eigenvalue weighted by Gasteiger charge is -2.15. The molecule has 0 aliphatic rings. The SMILES string of the molecule is Cc1cc(C)n(-c2ccc(NC(=O)C(C)NC(=O)c3ccccc3Cl)cn2)n1. The normalized spacial score (nSPS) is 11.7. The van der Waals surface area contributed by atoms with Gasteiger partial charge in [-0.15, -0.1) is 0 Å². The van der Waals surface area contributed by atoms with Crippen molar-refractivity contribution in [2.75, 3.05) is 5.32 Å². The summed E-state index contributed by atoms with van der Waals surface area (Å²) in [5.41, 5.74) is 2.71. The fraction of sp³-hybridized carbons (Fsp3) is 0.200. The molecule has 2 N–H and O–H groups in total. The van der Waals surface area contributed by atoms with Gasteiger partial charge in [-0.3, -0.25) is 9.59 Å². The number of anilines is 1. The van der Waals surface area contributed by atoms with Crippen LogP contribution in [0.2, 0.25) is 5.02 Å². The number of hydrogen-bond acceptors (Lipinski definition) is 4. The van der Waals surface area contributed by atoms with Gasteiger partial charge in [-0.05, 0) is 51.1 Å². The average molecular weight is 398 g/mol. The summed E-state index contributed by atoms with van der Waals surface area (Å²) in [4.78, 5) is 29.0. The van der Waals surface area contributed by atoms with Gasteiger partial charge in [-0.2, -0.15) is 5.10 Å². The van der Waals surface area contributed by atoms with E-state index in [1.807, 2.05) is 19.9 Å². The van der Waals surface area contributed by atoms with E-state index in [1.54, 1.807) is 54.2 Å². The van der Waals surface area contributed by atoms with Crippen molar-refractivity contribution in [2.45, 2.75) is 26.8 Å². The van der Waals surface area contributed by atoms with Crippen LogP contribution in [0.25, 0.3) is 5.82 Å². The molecule has 1 aromatic carbocycles. The number of aryl methyl sites for hydroxylation is 2. The number of rotatable bonds is 5. The summed E-state index contributed by atoms with van der Waals surface area (Å²) >= 11 is 6.01. The number of hydrogen-bond donors (Lipinski definition) is 2. The molecule has 2 aromatic heterocycles. The summed E-state index contributed by atoms with van der Waals surface area (Å²) in [6, 6.07) is 11.4. The predicted molar refractivity (Wildman–Crippen MR) is 108 cm³/mol. The van der Waals surface area contributed by atoms with E-state index in [9.17, 15) is 9.59 Å². The van der Waals surface area contributed by atoms with Crippen LogP contribution >= 0.6 is 11.6 Å². The molecule has 2 heterocycles. The van der Waals surface area contributed by atoms with Gasteiger partial charge in [0, 0.05) is 5.69 Å². The summed E-state index contributed by atoms with van der Waals surface area (Å²) in [5, 5.41) is 10.1. The van der Waals surface area contributed by atoms with Gasteiger partial charge >= 0.3 is 0 Å². The highest BCUT2D eigenvalue weighted by atomic mass is 35.5. The molecule has 0 fully saturated rings. The molecule has 2 amide bonds. The summed E-state index contributed by atoms with van der Waals surface area (Å²) in [6.07, 6.45) is 1.55. The van der Waals surface area contributed by atoms with Crippen LogP contribution in [0.15, 0.2) is 48.7 Å². The molecule has 3 aromatic rings. The summed E-state index contributed by atoms with van der Waals surface area (Å²) in [7, 11) is 0. The van der Waals surface area contributed by atoms with Crippen molar-refractivity contribution in [1.82, 2.24) is 20.1 Å². The van der Waals surface area contributed by atoms with Crippen LogP contribution in [-0.2, 0) is 4.79 Å². The molecule has 0 spiro atoms. The van der Waals surface area contributed by atoms with Crippen LogP contribution in [-0.4, -0.2) is 32.6 Å². The minimum absolute atomic E-state index is 0.319. The lowest BCUT2D eigenvalue weighted by atomic mass is 10.2. The van der Waals surface area contributed by atoms with Crippen LogP contribution in [0, 0.1) is 13.8 Å². The maximum absolute atomic E-state index is 12.4. The topological polar surface area (TPSA) is 88.9 Å². The number of amides is 2. The van der Waals surface area contributed by atoms with Gasteiger partial charge < -0.3 is 10.6 Å². The molecular formula is C20H20ClN5O2. The Labute approximate surface area is 167 Å². The second-order valence-corrected chi connectivity index (χ2v) is 6.82. The van der Waals surface area contributed by atoms with Gasteiger partial charge in [-0.1, -0.05) is 23.7 Å². The minimum atomic E-state index is -0.751. The summed E-state index contributed by atoms with van der Waals surface area (Å²) in [6.45, 7) is 5.46. The third-order valence-corrected chi connectivity index (χ3v) is 4.43. The smallest absolute Gasteiger partial charge is 0.253 e. The van der Waals surface area contributed by atoms with Gasteiger partial charge in [0.2, 0.25) is 5.91 Å². The minimum Gasteiger partial charge on any atom is -0.340 e. The second-order valence-electron chi connectivity index (χ2n) is 6.41. The third kappa shape index (κ3) is 4.37. The van der Waals surface area contributed by atoms with Crippen LogP contribution in [0.4, 0.5) is 5.69 Å². The predicted octanol–water partition coefficient (Wildman–Crippen LogP) is 3.29. The van der Waals surface area contributed by atoms with Gasteiger partial charge in [0.25, 0.3) is 5.91 Å². The summed E-state index contributed by atoms with van der Waals surface area (Å²) < 4.78 is 1.73. The number of carbonyl (C=O) groups excluding carboxylic acids is 2. The van der Waals surface area contributed by atoms with Crippen molar-refractivity contribution in [1.29, 1.82) is 0 Å². The second kappa shape index (κ2) is 8.22. The lowest BCUT2D eigenvalue weighted by molar-refractivity contribution is -0.117. The number of benzene rings is 1. The fourth-order valence-electron chi connectivity index (χ4n) is 2.68. The molecule has 0 saturated carbocycles. The maximum Gasteiger partial charge on any atom is 0.253 e. The molecule has 0 radical (unpaired) electrons. The first kappa shape index (κ1) is 19.6. The van der Waals surface area contributed by atoms with Crippen molar-refractivity contribution >= 4 is 29.1 Å². The molecule has 0 saturated heterocycles. The van der Waals surface area contributed by atoms with E-state index in [-0.39, 0.29) is 5.91 Å². The molecule has 144 valence electrons. The Morgan fingerprint density at radius 3 is 2.50 bits per heavy atom. The number of nitrogens with zero attached hydrogens (tertiary/aromatic N) is 3. The van der Waals surface area contributed by atoms with Crippen molar-refractivity contribution in [3.05, 3.63) is 70.6 Å². The number of pyridine rings is 1. The molecular weight excluding hydrogens is 378 g/mol. The van der Waals surface area contributed by atoms with E-state index in [2.05, 4.69) is 20.7 Å². The molecule has 0 aliphatic carbocycles. The largest absolute Gasteiger partial charge is 0.340 e. The standard InChI is InChI=1S/C20H20ClN5O2/c1-12-10-13(2)26(25-12)18-9-8-15(11-22-18)24-19(27)14(3)23-20(28)16-6-4-5-7-17(16)21/h4-11,14H,1-3H3,(H,23,28)(H,24,27). The average Bonchev–Trinajstić information content (AvgIpc) is 3.00. The molecule has 7 nitrogen and oxygen atoms in total. The molecule has 1 atom stereocenters. The first-order valence-corrected chi connectivity index (χ1v) is 9.09. The number of carbonyl (C=O) groups is 2. The Kier molecular flexibility index (Phi) is 5.75. The van der Waals surface area contributed by atoms with Crippen LogP contribution in [0.5, 0.6) is 0 Å². The molecule has 0 aliphatic heterocycles. The first-order valence-electron chi connectivity index (χ1n) is 8.71. The van der Waals surface area contributed by atoms with E-state index in [0.29, 0.717) is 22.1 Å². The highest BCUT2D eigenvalue weighted by Crippen LogP contribution is 2.15. The Bertz CT molecular complexity index is 1010. The number of aromatic nitrogens is 3. The van der Waals surface area contributed by atoms with Crippen LogP contribution in [0.1, 0.15) is 28.7 Å². The van der Waals surface area contributed by atoms with Gasteiger partial charge in [0.15, 0.2) is 5.82 Å². The monoisotopic (exact) mass is 397 g/mol. The van der Waals surface area contributed by atoms with E-state index < -0.39 is 11.9 Å². The molecule has 8 heteroatoms. The third-order valence-electron chi connectivity index (χ3n) is 4.10. The van der Waals surface area contributed by atoms with E-state index in [1.165, 1.54) is 0 Å². The zero-order valence-electron chi connectivity index (χ0n) is 15.7. The maximum atomic E-state index is 12.4. The lowest BCUT2D eigenvalue weighted by Crippen LogP contribution is -2.41. The van der Waals surface area contributed by atoms with Gasteiger partial charge in [0.05, 0.1) is 28.2 Å². The zero-order chi connectivity index (χ0) is 20.3. The fourth-order valence-corrected chi connectivity index (χ4v) is 2.90. The number of halogens is 1. The van der Waals surface area contributed by atoms with Crippen molar-refractivity contribution < 1.29 is 9.59 Å². The van der Waals surface area contributed by atoms with Crippen LogP contribution < -0.4 is 10.6 Å². The molecule has 1 unspecified atom stereocenters. The van der Waals surface area contributed by atoms with Crippen molar-refractivity contribution in [2.24, 2.45) is 0 Å². The highest BCUT2D eigenvalue weighted by molar-refractivity contribution is 6.33. The summed E-state index contributed by atoms with van der Waals surface area (Å²) in [5.74, 6) is -0.115. The van der Waals surface area contributed by atoms with Gasteiger partial charge in [-0.25, -0.2) is 9.67 Å². The van der Waals surface area contributed by atoms with Crippen molar-refractivity contribution in [3.8, 4) is 5.82 Å². The van der Waals surface area contributed by atoms with Crippen molar-refractivity contribution in [3.63, 3.8) is 0 Å². The van der Waals surface area contributed by atoms with E-state index >= 15 is 0 Å². The van der Waals surface area contributed by atoms with Crippen LogP contribution in [0.3, 0.4) is 0 Å². The highest BCUT2D eigenvalue weighted by Gasteiger charge is 2.18. The van der Waals surface area contributed by atoms with E-state index in [4.69, 9.17) is 11.6 Å². The molecule has 0 bridgehead atoms. The number of nitrogens with one attached hydrogen (secondary N) is 2. The Balaban J connectivity index is 1.63. The Morgan fingerprint density at radius 2 is 1.89 bits per heavy atom. The first-order chi connectivity index (χ1) is 13.3. The molecule has 28 heavy (non-hydrogen) atoms.